The van der Waals surface area contributed by atoms with Crippen LogP contribution in [0, 0.1) is 5.82 Å². The van der Waals surface area contributed by atoms with Gasteiger partial charge in [-0.2, -0.15) is 8.78 Å². The highest BCUT2D eigenvalue weighted by atomic mass is 35.5. The zero-order valence-electron chi connectivity index (χ0n) is 6.23. The summed E-state index contributed by atoms with van der Waals surface area (Å²) in [5.74, 6) is -1.11. The smallest absolute Gasteiger partial charge is 0.387 e. The number of alkyl halides is 2. The molecule has 0 atom stereocenters. The van der Waals surface area contributed by atoms with Gasteiger partial charge in [-0.1, -0.05) is 11.6 Å². The van der Waals surface area contributed by atoms with Crippen LogP contribution in [0.5, 0.6) is 5.75 Å². The van der Waals surface area contributed by atoms with E-state index >= 15 is 0 Å². The van der Waals surface area contributed by atoms with Crippen LogP contribution < -0.4 is 10.5 Å². The number of nitrogens with two attached hydrogens (primary N) is 1. The molecule has 0 fully saturated rings. The normalized spacial score (nSPS) is 10.5. The molecule has 0 radical (unpaired) electrons. The van der Waals surface area contributed by atoms with Crippen molar-refractivity contribution < 1.29 is 17.9 Å². The molecule has 6 heteroatoms. The van der Waals surface area contributed by atoms with E-state index in [0.717, 1.165) is 12.1 Å². The fourth-order valence-electron chi connectivity index (χ4n) is 0.736. The molecule has 1 rings (SSSR count). The Hall–Kier alpha value is -1.10. The molecule has 0 aromatic heterocycles. The summed E-state index contributed by atoms with van der Waals surface area (Å²) in [6.45, 7) is -3.01. The maximum Gasteiger partial charge on any atom is 0.387 e. The average Bonchev–Trinajstić information content (AvgIpc) is 2.06. The van der Waals surface area contributed by atoms with Crippen LogP contribution in [-0.2, 0) is 0 Å². The third-order valence-electron chi connectivity index (χ3n) is 1.31. The third kappa shape index (κ3) is 2.18. The summed E-state index contributed by atoms with van der Waals surface area (Å²) >= 11 is 5.42. The molecule has 1 aromatic rings. The Morgan fingerprint density at radius 2 is 2.00 bits per heavy atom. The number of anilines is 1. The predicted molar refractivity (Wildman–Crippen MR) is 42.5 cm³/mol. The Kier molecular flexibility index (Phi) is 2.87. The van der Waals surface area contributed by atoms with Crippen LogP contribution in [0.2, 0.25) is 5.02 Å². The van der Waals surface area contributed by atoms with E-state index in [4.69, 9.17) is 17.3 Å². The molecular weight excluding hydrogens is 207 g/mol. The second-order valence-corrected chi connectivity index (χ2v) is 2.53. The quantitative estimate of drug-likeness (QED) is 0.764. The van der Waals surface area contributed by atoms with Crippen molar-refractivity contribution in [1.82, 2.24) is 0 Å². The van der Waals surface area contributed by atoms with Gasteiger partial charge in [-0.05, 0) is 12.1 Å². The van der Waals surface area contributed by atoms with Crippen molar-refractivity contribution >= 4 is 17.3 Å². The Bertz CT molecular complexity index is 319. The van der Waals surface area contributed by atoms with Crippen LogP contribution in [0.25, 0.3) is 0 Å². The molecule has 0 aliphatic carbocycles. The maximum absolute atomic E-state index is 12.6. The summed E-state index contributed by atoms with van der Waals surface area (Å²) in [6.07, 6.45) is 0. The van der Waals surface area contributed by atoms with Crippen molar-refractivity contribution in [2.24, 2.45) is 0 Å². The minimum atomic E-state index is -3.01. The van der Waals surface area contributed by atoms with Gasteiger partial charge in [-0.25, -0.2) is 4.39 Å². The third-order valence-corrected chi connectivity index (χ3v) is 1.70. The van der Waals surface area contributed by atoms with E-state index < -0.39 is 18.1 Å². The Labute approximate surface area is 77.0 Å². The largest absolute Gasteiger partial charge is 0.433 e. The van der Waals surface area contributed by atoms with Crippen molar-refractivity contribution in [2.45, 2.75) is 6.61 Å². The van der Waals surface area contributed by atoms with Gasteiger partial charge in [0.2, 0.25) is 0 Å². The number of nitrogen functional groups attached to an aromatic ring is 1. The van der Waals surface area contributed by atoms with Gasteiger partial charge >= 0.3 is 6.61 Å². The Balaban J connectivity index is 3.04. The fraction of sp³-hybridized carbons (Fsp3) is 0.143. The zero-order chi connectivity index (χ0) is 10.0. The molecule has 0 aliphatic rings. The first kappa shape index (κ1) is 9.98. The number of hydrogen-bond donors (Lipinski definition) is 1. The molecule has 72 valence electrons. The summed E-state index contributed by atoms with van der Waals surface area (Å²) in [5.41, 5.74) is 4.72. The van der Waals surface area contributed by atoms with Gasteiger partial charge in [0.05, 0.1) is 5.69 Å². The number of ether oxygens (including phenoxy) is 1. The van der Waals surface area contributed by atoms with E-state index in [2.05, 4.69) is 4.74 Å². The second kappa shape index (κ2) is 3.74. The van der Waals surface area contributed by atoms with Gasteiger partial charge in [0.1, 0.15) is 16.6 Å². The molecule has 0 unspecified atom stereocenters. The van der Waals surface area contributed by atoms with Crippen molar-refractivity contribution in [3.63, 3.8) is 0 Å². The molecule has 0 saturated heterocycles. The highest BCUT2D eigenvalue weighted by Gasteiger charge is 2.13. The SMILES string of the molecule is Nc1c(F)ccc(OC(F)F)c1Cl. The molecular formula is C7H5ClF3NO. The molecule has 2 nitrogen and oxygen atoms in total. The van der Waals surface area contributed by atoms with Gasteiger partial charge in [-0.15, -0.1) is 0 Å². The van der Waals surface area contributed by atoms with Crippen LogP contribution in [-0.4, -0.2) is 6.61 Å². The van der Waals surface area contributed by atoms with E-state index in [0.29, 0.717) is 0 Å². The van der Waals surface area contributed by atoms with Crippen LogP contribution >= 0.6 is 11.6 Å². The molecule has 0 heterocycles. The van der Waals surface area contributed by atoms with Gasteiger partial charge in [0.15, 0.2) is 0 Å². The molecule has 2 N–H and O–H groups in total. The lowest BCUT2D eigenvalue weighted by atomic mass is 10.3. The highest BCUT2D eigenvalue weighted by Crippen LogP contribution is 2.32. The lowest BCUT2D eigenvalue weighted by Crippen LogP contribution is -2.04. The minimum absolute atomic E-state index is 0.337. The van der Waals surface area contributed by atoms with Crippen molar-refractivity contribution in [3.8, 4) is 5.75 Å². The van der Waals surface area contributed by atoms with E-state index in [1.165, 1.54) is 0 Å². The first-order valence-corrected chi connectivity index (χ1v) is 3.58. The van der Waals surface area contributed by atoms with Crippen LogP contribution in [0.3, 0.4) is 0 Å². The molecule has 0 aliphatic heterocycles. The summed E-state index contributed by atoms with van der Waals surface area (Å²) < 4.78 is 40.0. The number of benzene rings is 1. The number of halogens is 4. The fourth-order valence-corrected chi connectivity index (χ4v) is 0.934. The molecule has 0 bridgehead atoms. The minimum Gasteiger partial charge on any atom is -0.433 e. The lowest BCUT2D eigenvalue weighted by molar-refractivity contribution is -0.0497. The lowest BCUT2D eigenvalue weighted by Gasteiger charge is -2.08. The Morgan fingerprint density at radius 3 is 2.54 bits per heavy atom. The van der Waals surface area contributed by atoms with Crippen molar-refractivity contribution in [3.05, 3.63) is 23.0 Å². The second-order valence-electron chi connectivity index (χ2n) is 2.15. The van der Waals surface area contributed by atoms with E-state index in [1.807, 2.05) is 0 Å². The van der Waals surface area contributed by atoms with E-state index in [1.54, 1.807) is 0 Å². The number of rotatable bonds is 2. The summed E-state index contributed by atoms with van der Waals surface area (Å²) in [5, 5.41) is -0.347. The first-order valence-electron chi connectivity index (χ1n) is 3.20. The summed E-state index contributed by atoms with van der Waals surface area (Å²) in [7, 11) is 0. The van der Waals surface area contributed by atoms with Crippen LogP contribution in [0.4, 0.5) is 18.9 Å². The van der Waals surface area contributed by atoms with Gasteiger partial charge in [0.25, 0.3) is 0 Å². The molecule has 1 aromatic carbocycles. The van der Waals surface area contributed by atoms with Crippen molar-refractivity contribution in [2.75, 3.05) is 5.73 Å². The summed E-state index contributed by atoms with van der Waals surface area (Å²) in [4.78, 5) is 0. The van der Waals surface area contributed by atoms with Crippen molar-refractivity contribution in [1.29, 1.82) is 0 Å². The van der Waals surface area contributed by atoms with Gasteiger partial charge < -0.3 is 10.5 Å². The molecule has 0 saturated carbocycles. The monoisotopic (exact) mass is 211 g/mol. The van der Waals surface area contributed by atoms with Crippen LogP contribution in [0.15, 0.2) is 12.1 Å². The standard InChI is InChI=1S/C7H5ClF3NO/c8-5-4(13-7(10)11)2-1-3(9)6(5)12/h1-2,7H,12H2. The van der Waals surface area contributed by atoms with Crippen LogP contribution in [0.1, 0.15) is 0 Å². The predicted octanol–water partition coefficient (Wildman–Crippen LogP) is 2.66. The first-order chi connectivity index (χ1) is 6.02. The molecule has 0 amide bonds. The Morgan fingerprint density at radius 1 is 1.38 bits per heavy atom. The number of hydrogen-bond acceptors (Lipinski definition) is 2. The average molecular weight is 212 g/mol. The summed E-state index contributed by atoms with van der Waals surface area (Å²) in [6, 6.07) is 1.89. The van der Waals surface area contributed by atoms with Gasteiger partial charge in [0, 0.05) is 0 Å². The maximum atomic E-state index is 12.6. The van der Waals surface area contributed by atoms with E-state index in [9.17, 15) is 13.2 Å². The van der Waals surface area contributed by atoms with E-state index in [-0.39, 0.29) is 10.8 Å². The topological polar surface area (TPSA) is 35.2 Å². The molecule has 13 heavy (non-hydrogen) atoms. The molecule has 0 spiro atoms. The highest BCUT2D eigenvalue weighted by molar-refractivity contribution is 6.34. The zero-order valence-corrected chi connectivity index (χ0v) is 6.99. The van der Waals surface area contributed by atoms with Gasteiger partial charge in [-0.3, -0.25) is 0 Å².